The summed E-state index contributed by atoms with van der Waals surface area (Å²) in [6.45, 7) is 0. The zero-order valence-corrected chi connectivity index (χ0v) is 28.4. The molecular weight excluding hydrogens is 637 g/mol. The maximum absolute atomic E-state index is 5.14. The molecule has 0 unspecified atom stereocenters. The first-order valence-corrected chi connectivity index (χ1v) is 18.3. The third kappa shape index (κ3) is 4.01. The molecule has 0 amide bonds. The maximum atomic E-state index is 5.14. The summed E-state index contributed by atoms with van der Waals surface area (Å²) >= 11 is 1.76. The quantitative estimate of drug-likeness (QED) is 0.183. The molecule has 51 heavy (non-hydrogen) atoms. The first kappa shape index (κ1) is 28.5. The number of hydrogen-bond acceptors (Lipinski definition) is 2. The normalized spacial score (nSPS) is 13.3. The maximum Gasteiger partial charge on any atom is 0.125 e. The van der Waals surface area contributed by atoms with E-state index in [2.05, 4.69) is 187 Å². The van der Waals surface area contributed by atoms with Gasteiger partial charge in [-0.15, -0.1) is 11.3 Å². The third-order valence-electron chi connectivity index (χ3n) is 10.9. The fourth-order valence-electron chi connectivity index (χ4n) is 8.77. The van der Waals surface area contributed by atoms with Crippen molar-refractivity contribution < 1.29 is 0 Å². The minimum atomic E-state index is -0.450. The van der Waals surface area contributed by atoms with Crippen LogP contribution in [0.5, 0.6) is 0 Å². The molecule has 2 heterocycles. The summed E-state index contributed by atoms with van der Waals surface area (Å²) < 4.78 is 3.68. The van der Waals surface area contributed by atoms with Crippen molar-refractivity contribution in [3.05, 3.63) is 204 Å². The molecule has 2 aromatic heterocycles. The summed E-state index contributed by atoms with van der Waals surface area (Å²) in [7, 11) is 0. The topological polar surface area (TPSA) is 17.8 Å². The smallest absolute Gasteiger partial charge is 0.125 e. The summed E-state index contributed by atoms with van der Waals surface area (Å²) in [5.74, 6) is 0. The highest BCUT2D eigenvalue weighted by Crippen LogP contribution is 2.57. The van der Waals surface area contributed by atoms with E-state index >= 15 is 0 Å². The van der Waals surface area contributed by atoms with Gasteiger partial charge in [0.25, 0.3) is 0 Å². The Labute approximate surface area is 299 Å². The van der Waals surface area contributed by atoms with Gasteiger partial charge in [0.05, 0.1) is 26.7 Å². The van der Waals surface area contributed by atoms with Crippen molar-refractivity contribution >= 4 is 54.1 Å². The van der Waals surface area contributed by atoms with Gasteiger partial charge in [-0.3, -0.25) is 0 Å². The highest BCUT2D eigenvalue weighted by molar-refractivity contribution is 7.21. The van der Waals surface area contributed by atoms with E-state index in [0.717, 1.165) is 21.8 Å². The second kappa shape index (κ2) is 10.9. The molecule has 0 spiro atoms. The lowest BCUT2D eigenvalue weighted by Gasteiger charge is -2.34. The van der Waals surface area contributed by atoms with Crippen LogP contribution in [-0.2, 0) is 5.41 Å². The number of thiazole rings is 1. The minimum Gasteiger partial charge on any atom is -0.309 e. The number of hydrogen-bond donors (Lipinski definition) is 0. The summed E-state index contributed by atoms with van der Waals surface area (Å²) in [5, 5.41) is 5.96. The Morgan fingerprint density at radius 2 is 1.12 bits per heavy atom. The monoisotopic (exact) mass is 666 g/mol. The molecule has 0 bridgehead atoms. The van der Waals surface area contributed by atoms with Crippen LogP contribution in [0.4, 0.5) is 0 Å². The van der Waals surface area contributed by atoms with Crippen molar-refractivity contribution in [2.45, 2.75) is 5.41 Å². The molecule has 10 aromatic rings. The van der Waals surface area contributed by atoms with Crippen LogP contribution in [0, 0.1) is 0 Å². The van der Waals surface area contributed by atoms with Gasteiger partial charge >= 0.3 is 0 Å². The summed E-state index contributed by atoms with van der Waals surface area (Å²) in [6, 6.07) is 66.8. The Morgan fingerprint density at radius 3 is 1.92 bits per heavy atom. The van der Waals surface area contributed by atoms with Crippen molar-refractivity contribution in [1.29, 1.82) is 0 Å². The molecule has 0 atom stereocenters. The van der Waals surface area contributed by atoms with Gasteiger partial charge in [-0.05, 0) is 86.6 Å². The fourth-order valence-corrected chi connectivity index (χ4v) is 9.77. The van der Waals surface area contributed by atoms with Crippen LogP contribution in [0.3, 0.4) is 0 Å². The van der Waals surface area contributed by atoms with Crippen LogP contribution < -0.4 is 0 Å². The standard InChI is InChI=1S/C48H30N2S/c1-3-16-32(17-4-1)48(33-18-5-2-6-19-33)41-23-11-9-21-36(41)38-30-45-39(29-42(38)48)37-22-10-13-25-44(37)50(45)34-27-31-15-7-8-20-35(31)40(28-34)47-49-43-24-12-14-26-46(43)51-47/h1-30H. The van der Waals surface area contributed by atoms with Crippen molar-refractivity contribution in [1.82, 2.24) is 9.55 Å². The molecule has 0 N–H and O–H groups in total. The van der Waals surface area contributed by atoms with Crippen molar-refractivity contribution in [2.75, 3.05) is 0 Å². The molecule has 1 aliphatic carbocycles. The third-order valence-corrected chi connectivity index (χ3v) is 11.9. The minimum absolute atomic E-state index is 0.450. The molecular formula is C48H30N2S. The molecule has 3 heteroatoms. The molecule has 0 saturated carbocycles. The summed E-state index contributed by atoms with van der Waals surface area (Å²) in [4.78, 5) is 5.14. The van der Waals surface area contributed by atoms with Crippen LogP contribution in [0.1, 0.15) is 22.3 Å². The molecule has 0 fully saturated rings. The summed E-state index contributed by atoms with van der Waals surface area (Å²) in [6.07, 6.45) is 0. The lowest BCUT2D eigenvalue weighted by atomic mass is 9.67. The van der Waals surface area contributed by atoms with Gasteiger partial charge in [-0.2, -0.15) is 0 Å². The molecule has 8 aromatic carbocycles. The van der Waals surface area contributed by atoms with E-state index in [1.54, 1.807) is 11.3 Å². The van der Waals surface area contributed by atoms with Gasteiger partial charge in [0.15, 0.2) is 0 Å². The van der Waals surface area contributed by atoms with Gasteiger partial charge in [0.1, 0.15) is 5.01 Å². The number of rotatable bonds is 4. The highest BCUT2D eigenvalue weighted by atomic mass is 32.1. The molecule has 1 aliphatic rings. The van der Waals surface area contributed by atoms with Gasteiger partial charge in [0, 0.05) is 22.0 Å². The Hall–Kier alpha value is -6.29. The Morgan fingerprint density at radius 1 is 0.451 bits per heavy atom. The molecule has 238 valence electrons. The van der Waals surface area contributed by atoms with Gasteiger partial charge in [0.2, 0.25) is 0 Å². The lowest BCUT2D eigenvalue weighted by Crippen LogP contribution is -2.28. The SMILES string of the molecule is c1ccc(C2(c3ccccc3)c3ccccc3-c3cc4c(cc32)c2ccccc2n4-c2cc(-c3nc4ccccc4s3)c3ccccc3c2)cc1. The van der Waals surface area contributed by atoms with E-state index in [0.29, 0.717) is 0 Å². The molecule has 2 nitrogen and oxygen atoms in total. The van der Waals surface area contributed by atoms with Crippen LogP contribution in [0.25, 0.3) is 70.2 Å². The first-order valence-electron chi connectivity index (χ1n) is 17.5. The number of nitrogens with zero attached hydrogens (tertiary/aromatic N) is 2. The number of para-hydroxylation sites is 2. The predicted molar refractivity (Wildman–Crippen MR) is 214 cm³/mol. The molecule has 0 radical (unpaired) electrons. The van der Waals surface area contributed by atoms with Crippen molar-refractivity contribution in [3.8, 4) is 27.4 Å². The highest BCUT2D eigenvalue weighted by Gasteiger charge is 2.46. The van der Waals surface area contributed by atoms with Crippen LogP contribution in [-0.4, -0.2) is 9.55 Å². The van der Waals surface area contributed by atoms with Gasteiger partial charge in [-0.25, -0.2) is 4.98 Å². The number of fused-ring (bicyclic) bond motifs is 8. The van der Waals surface area contributed by atoms with E-state index < -0.39 is 5.41 Å². The van der Waals surface area contributed by atoms with Gasteiger partial charge in [-0.1, -0.05) is 140 Å². The molecule has 0 aliphatic heterocycles. The van der Waals surface area contributed by atoms with E-state index in [9.17, 15) is 0 Å². The van der Waals surface area contributed by atoms with E-state index in [4.69, 9.17) is 4.98 Å². The van der Waals surface area contributed by atoms with Crippen LogP contribution >= 0.6 is 11.3 Å². The predicted octanol–water partition coefficient (Wildman–Crippen LogP) is 12.6. The van der Waals surface area contributed by atoms with Crippen molar-refractivity contribution in [3.63, 3.8) is 0 Å². The van der Waals surface area contributed by atoms with E-state index in [1.807, 2.05) is 0 Å². The molecule has 0 saturated heterocycles. The average molecular weight is 667 g/mol. The Balaban J connectivity index is 1.25. The van der Waals surface area contributed by atoms with Crippen LogP contribution in [0.15, 0.2) is 182 Å². The lowest BCUT2D eigenvalue weighted by molar-refractivity contribution is 0.769. The van der Waals surface area contributed by atoms with Crippen molar-refractivity contribution in [2.24, 2.45) is 0 Å². The first-order chi connectivity index (χ1) is 25.3. The second-order valence-corrected chi connectivity index (χ2v) is 14.5. The zero-order valence-electron chi connectivity index (χ0n) is 27.6. The number of aromatic nitrogens is 2. The van der Waals surface area contributed by atoms with E-state index in [-0.39, 0.29) is 0 Å². The largest absolute Gasteiger partial charge is 0.309 e. The zero-order chi connectivity index (χ0) is 33.5. The van der Waals surface area contributed by atoms with Crippen LogP contribution in [0.2, 0.25) is 0 Å². The second-order valence-electron chi connectivity index (χ2n) is 13.5. The Kier molecular flexibility index (Phi) is 6.07. The van der Waals surface area contributed by atoms with E-state index in [1.165, 1.54) is 70.7 Å². The van der Waals surface area contributed by atoms with Gasteiger partial charge < -0.3 is 4.57 Å². The number of benzene rings is 8. The molecule has 11 rings (SSSR count). The fraction of sp³-hybridized carbons (Fsp3) is 0.0208. The average Bonchev–Trinajstić information content (AvgIpc) is 3.86. The Bertz CT molecular complexity index is 2900. The summed E-state index contributed by atoms with van der Waals surface area (Å²) in [5.41, 5.74) is 13.1.